The Bertz CT molecular complexity index is 801. The fourth-order valence-electron chi connectivity index (χ4n) is 4.94. The van der Waals surface area contributed by atoms with Gasteiger partial charge in [0, 0.05) is 26.2 Å². The lowest BCUT2D eigenvalue weighted by molar-refractivity contribution is -0.167. The van der Waals surface area contributed by atoms with E-state index in [1.54, 1.807) is 22.9 Å². The summed E-state index contributed by atoms with van der Waals surface area (Å²) in [6.07, 6.45) is 4.41. The second-order valence-corrected chi connectivity index (χ2v) is 8.80. The summed E-state index contributed by atoms with van der Waals surface area (Å²) in [5, 5.41) is 22.5. The topological polar surface area (TPSA) is 135 Å². The van der Waals surface area contributed by atoms with Crippen LogP contribution in [0.1, 0.15) is 67.0 Å². The van der Waals surface area contributed by atoms with Crippen molar-refractivity contribution in [1.82, 2.24) is 25.1 Å². The highest BCUT2D eigenvalue weighted by Crippen LogP contribution is 2.32. The van der Waals surface area contributed by atoms with Gasteiger partial charge in [-0.25, -0.2) is 5.01 Å². The molecule has 1 aromatic rings. The number of aliphatic hydroxyl groups is 1. The average Bonchev–Trinajstić information content (AvgIpc) is 3.26. The molecule has 2 amide bonds. The molecule has 0 spiro atoms. The van der Waals surface area contributed by atoms with E-state index in [4.69, 9.17) is 15.2 Å². The number of carbonyl (C=O) groups is 2. The number of hydrazine groups is 1. The van der Waals surface area contributed by atoms with Crippen molar-refractivity contribution in [2.75, 3.05) is 40.0 Å². The zero-order valence-corrected chi connectivity index (χ0v) is 18.6. The summed E-state index contributed by atoms with van der Waals surface area (Å²) >= 11 is 0. The van der Waals surface area contributed by atoms with Crippen LogP contribution in [-0.4, -0.2) is 88.8 Å². The fraction of sp³-hybridized carbons (Fsp3) is 0.762. The van der Waals surface area contributed by atoms with E-state index in [1.165, 1.54) is 0 Å². The Morgan fingerprint density at radius 3 is 2.59 bits per heavy atom. The van der Waals surface area contributed by atoms with E-state index >= 15 is 0 Å². The van der Waals surface area contributed by atoms with Crippen molar-refractivity contribution in [1.29, 1.82) is 0 Å². The largest absolute Gasteiger partial charge is 0.381 e. The SMILES string of the molecule is COC1CCC(n2nc(C(N)=O)cc2C(O)NC2CCN(N3CCOCC3=O)CC2)CC1. The smallest absolute Gasteiger partial charge is 0.269 e. The number of ether oxygens (including phenoxy) is 2. The van der Waals surface area contributed by atoms with Crippen molar-refractivity contribution < 1.29 is 24.2 Å². The second kappa shape index (κ2) is 10.3. The fourth-order valence-corrected chi connectivity index (χ4v) is 4.94. The van der Waals surface area contributed by atoms with E-state index in [1.807, 2.05) is 0 Å². The second-order valence-electron chi connectivity index (χ2n) is 8.80. The van der Waals surface area contributed by atoms with Gasteiger partial charge in [0.2, 0.25) is 0 Å². The molecule has 0 aromatic carbocycles. The monoisotopic (exact) mass is 450 g/mol. The minimum absolute atomic E-state index is 0.00577. The molecule has 4 rings (SSSR count). The summed E-state index contributed by atoms with van der Waals surface area (Å²) in [4.78, 5) is 23.8. The van der Waals surface area contributed by atoms with Gasteiger partial charge in [-0.2, -0.15) is 5.10 Å². The van der Waals surface area contributed by atoms with E-state index in [0.29, 0.717) is 18.8 Å². The molecule has 178 valence electrons. The Kier molecular flexibility index (Phi) is 7.41. The lowest BCUT2D eigenvalue weighted by Crippen LogP contribution is -2.56. The van der Waals surface area contributed by atoms with Gasteiger partial charge < -0.3 is 20.3 Å². The number of hydrogen-bond donors (Lipinski definition) is 3. The van der Waals surface area contributed by atoms with Crippen molar-refractivity contribution in [3.05, 3.63) is 17.5 Å². The summed E-state index contributed by atoms with van der Waals surface area (Å²) < 4.78 is 12.4. The molecule has 3 heterocycles. The molecule has 11 nitrogen and oxygen atoms in total. The van der Waals surface area contributed by atoms with Crippen molar-refractivity contribution in [3.63, 3.8) is 0 Å². The van der Waals surface area contributed by atoms with Gasteiger partial charge in [-0.3, -0.25) is 24.6 Å². The highest BCUT2D eigenvalue weighted by molar-refractivity contribution is 5.90. The first-order chi connectivity index (χ1) is 15.5. The Balaban J connectivity index is 1.38. The molecule has 3 aliphatic rings. The van der Waals surface area contributed by atoms with Crippen LogP contribution >= 0.6 is 0 Å². The number of morpholine rings is 1. The molecular formula is C21H34N6O5. The van der Waals surface area contributed by atoms with Crippen LogP contribution in [0.3, 0.4) is 0 Å². The maximum Gasteiger partial charge on any atom is 0.269 e. The number of amides is 2. The Morgan fingerprint density at radius 1 is 1.25 bits per heavy atom. The number of nitrogens with one attached hydrogen (secondary N) is 1. The van der Waals surface area contributed by atoms with Crippen LogP contribution in [0.2, 0.25) is 0 Å². The molecule has 2 saturated heterocycles. The third-order valence-corrected chi connectivity index (χ3v) is 6.79. The number of rotatable bonds is 7. The van der Waals surface area contributed by atoms with Crippen LogP contribution in [0.15, 0.2) is 6.07 Å². The zero-order valence-electron chi connectivity index (χ0n) is 18.6. The number of nitrogens with zero attached hydrogens (tertiary/aromatic N) is 4. The van der Waals surface area contributed by atoms with Crippen LogP contribution in [0.4, 0.5) is 0 Å². The number of nitrogens with two attached hydrogens (primary N) is 1. The molecule has 1 unspecified atom stereocenters. The van der Waals surface area contributed by atoms with Gasteiger partial charge in [-0.15, -0.1) is 0 Å². The summed E-state index contributed by atoms with van der Waals surface area (Å²) in [5.41, 5.74) is 6.19. The van der Waals surface area contributed by atoms with Gasteiger partial charge in [0.15, 0.2) is 0 Å². The van der Waals surface area contributed by atoms with Crippen molar-refractivity contribution in [2.24, 2.45) is 5.73 Å². The standard InChI is InChI=1S/C21H34N6O5/c1-31-16-4-2-15(3-5-16)27-18(12-17(24-27)20(22)29)21(30)23-14-6-8-25(9-7-14)26-10-11-32-13-19(26)28/h12,14-16,21,23,30H,2-11,13H2,1H3,(H2,22,29). The molecular weight excluding hydrogens is 416 g/mol. The molecule has 0 radical (unpaired) electrons. The highest BCUT2D eigenvalue weighted by atomic mass is 16.5. The van der Waals surface area contributed by atoms with Crippen LogP contribution < -0.4 is 11.1 Å². The Hall–Kier alpha value is -2.05. The lowest BCUT2D eigenvalue weighted by atomic mass is 9.93. The summed E-state index contributed by atoms with van der Waals surface area (Å²) in [5.74, 6) is -0.611. The molecule has 1 aliphatic carbocycles. The average molecular weight is 451 g/mol. The number of primary amides is 1. The van der Waals surface area contributed by atoms with Crippen LogP contribution in [0, 0.1) is 0 Å². The first-order valence-electron chi connectivity index (χ1n) is 11.5. The third kappa shape index (κ3) is 5.12. The lowest BCUT2D eigenvalue weighted by Gasteiger charge is -2.41. The summed E-state index contributed by atoms with van der Waals surface area (Å²) in [7, 11) is 1.73. The minimum Gasteiger partial charge on any atom is -0.381 e. The van der Waals surface area contributed by atoms with Gasteiger partial charge in [0.1, 0.15) is 18.5 Å². The third-order valence-electron chi connectivity index (χ3n) is 6.79. The molecule has 2 aliphatic heterocycles. The molecule has 32 heavy (non-hydrogen) atoms. The van der Waals surface area contributed by atoms with Crippen LogP contribution in [0.25, 0.3) is 0 Å². The highest BCUT2D eigenvalue weighted by Gasteiger charge is 2.31. The van der Waals surface area contributed by atoms with E-state index < -0.39 is 12.1 Å². The minimum atomic E-state index is -0.961. The molecule has 11 heteroatoms. The summed E-state index contributed by atoms with van der Waals surface area (Å²) in [6.45, 7) is 2.72. The first-order valence-corrected chi connectivity index (χ1v) is 11.5. The molecule has 3 fully saturated rings. The van der Waals surface area contributed by atoms with Crippen LogP contribution in [-0.2, 0) is 14.3 Å². The number of piperidine rings is 1. The van der Waals surface area contributed by atoms with Crippen molar-refractivity contribution >= 4 is 11.8 Å². The Labute approximate surface area is 187 Å². The first kappa shape index (κ1) is 23.1. The van der Waals surface area contributed by atoms with Gasteiger partial charge in [0.05, 0.1) is 31.0 Å². The summed E-state index contributed by atoms with van der Waals surface area (Å²) in [6, 6.07) is 1.77. The molecule has 1 saturated carbocycles. The molecule has 1 atom stereocenters. The molecule has 1 aromatic heterocycles. The quantitative estimate of drug-likeness (QED) is 0.492. The number of hydrogen-bond acceptors (Lipinski definition) is 8. The zero-order chi connectivity index (χ0) is 22.7. The van der Waals surface area contributed by atoms with E-state index in [-0.39, 0.29) is 36.4 Å². The number of carbonyl (C=O) groups excluding carboxylic acids is 2. The molecule has 0 bridgehead atoms. The van der Waals surface area contributed by atoms with Gasteiger partial charge in [-0.1, -0.05) is 0 Å². The van der Waals surface area contributed by atoms with Crippen molar-refractivity contribution in [2.45, 2.75) is 62.9 Å². The van der Waals surface area contributed by atoms with Gasteiger partial charge in [0.25, 0.3) is 11.8 Å². The van der Waals surface area contributed by atoms with Gasteiger partial charge >= 0.3 is 0 Å². The van der Waals surface area contributed by atoms with Gasteiger partial charge in [-0.05, 0) is 44.6 Å². The predicted octanol–water partition coefficient (Wildman–Crippen LogP) is -0.0692. The predicted molar refractivity (Wildman–Crippen MR) is 114 cm³/mol. The number of aromatic nitrogens is 2. The maximum absolute atomic E-state index is 12.1. The Morgan fingerprint density at radius 2 is 1.97 bits per heavy atom. The van der Waals surface area contributed by atoms with Crippen molar-refractivity contribution in [3.8, 4) is 0 Å². The van der Waals surface area contributed by atoms with E-state index in [2.05, 4.69) is 15.4 Å². The van der Waals surface area contributed by atoms with Crippen LogP contribution in [0.5, 0.6) is 0 Å². The van der Waals surface area contributed by atoms with E-state index in [0.717, 1.165) is 51.6 Å². The number of aliphatic hydroxyl groups excluding tert-OH is 1. The maximum atomic E-state index is 12.1. The molecule has 4 N–H and O–H groups in total. The normalized spacial score (nSPS) is 26.9. The van der Waals surface area contributed by atoms with E-state index in [9.17, 15) is 14.7 Å². The number of methoxy groups -OCH3 is 1.